The average molecular weight is 303 g/mol. The van der Waals surface area contributed by atoms with Crippen molar-refractivity contribution in [1.82, 2.24) is 4.90 Å². The maximum atomic E-state index is 12.3. The van der Waals surface area contributed by atoms with Crippen LogP contribution >= 0.6 is 0 Å². The van der Waals surface area contributed by atoms with Gasteiger partial charge in [-0.05, 0) is 51.4 Å². The number of hydrogen-bond donors (Lipinski definition) is 2. The molecule has 1 aliphatic heterocycles. The van der Waals surface area contributed by atoms with Crippen LogP contribution in [0.2, 0.25) is 0 Å². The first-order valence-corrected chi connectivity index (χ1v) is 7.95. The number of carbonyl (C=O) groups is 2. The third-order valence-electron chi connectivity index (χ3n) is 4.18. The van der Waals surface area contributed by atoms with E-state index in [0.717, 1.165) is 25.8 Å². The summed E-state index contributed by atoms with van der Waals surface area (Å²) in [4.78, 5) is 26.1. The minimum Gasteiger partial charge on any atom is -0.330 e. The van der Waals surface area contributed by atoms with Crippen molar-refractivity contribution in [2.24, 2.45) is 5.73 Å². The number of hydrogen-bond acceptors (Lipinski definition) is 4. The Hall–Kier alpha value is -1.72. The molecular weight excluding hydrogens is 278 g/mol. The lowest BCUT2D eigenvalue weighted by Crippen LogP contribution is -2.44. The third-order valence-corrected chi connectivity index (χ3v) is 4.18. The summed E-state index contributed by atoms with van der Waals surface area (Å²) in [7, 11) is 0. The molecule has 1 aromatic rings. The van der Waals surface area contributed by atoms with E-state index >= 15 is 0 Å². The van der Waals surface area contributed by atoms with Crippen molar-refractivity contribution in [3.05, 3.63) is 29.8 Å². The lowest BCUT2D eigenvalue weighted by atomic mass is 9.99. The van der Waals surface area contributed by atoms with E-state index in [-0.39, 0.29) is 11.7 Å². The molecule has 22 heavy (non-hydrogen) atoms. The molecule has 1 unspecified atom stereocenters. The molecule has 1 saturated heterocycles. The van der Waals surface area contributed by atoms with Crippen molar-refractivity contribution >= 4 is 17.4 Å². The number of Topliss-reactive ketones (excluding diaryl/α,β-unsaturated/α-hetero) is 1. The Morgan fingerprint density at radius 3 is 2.82 bits per heavy atom. The molecule has 1 amide bonds. The maximum Gasteiger partial charge on any atom is 0.238 e. The highest BCUT2D eigenvalue weighted by Crippen LogP contribution is 2.20. The van der Waals surface area contributed by atoms with Gasteiger partial charge >= 0.3 is 0 Å². The van der Waals surface area contributed by atoms with Gasteiger partial charge in [0.05, 0.1) is 12.2 Å². The Kier molecular flexibility index (Phi) is 6.10. The van der Waals surface area contributed by atoms with E-state index in [1.54, 1.807) is 18.2 Å². The fourth-order valence-electron chi connectivity index (χ4n) is 3.06. The molecule has 120 valence electrons. The number of piperidine rings is 1. The number of nitrogens with two attached hydrogens (primary N) is 1. The van der Waals surface area contributed by atoms with E-state index in [2.05, 4.69) is 10.2 Å². The molecular formula is C17H25N3O2. The predicted octanol–water partition coefficient (Wildman–Crippen LogP) is 2.03. The second kappa shape index (κ2) is 8.06. The zero-order chi connectivity index (χ0) is 15.9. The van der Waals surface area contributed by atoms with Crippen LogP contribution in [-0.4, -0.2) is 42.3 Å². The molecule has 0 aliphatic carbocycles. The van der Waals surface area contributed by atoms with E-state index in [1.807, 2.05) is 6.07 Å². The van der Waals surface area contributed by atoms with Gasteiger partial charge in [-0.15, -0.1) is 0 Å². The van der Waals surface area contributed by atoms with Gasteiger partial charge in [-0.3, -0.25) is 14.5 Å². The van der Waals surface area contributed by atoms with Gasteiger partial charge in [-0.1, -0.05) is 18.6 Å². The minimum absolute atomic E-state index is 0.0464. The molecule has 5 nitrogen and oxygen atoms in total. The quantitative estimate of drug-likeness (QED) is 0.789. The Morgan fingerprint density at radius 2 is 2.09 bits per heavy atom. The second-order valence-corrected chi connectivity index (χ2v) is 5.85. The number of rotatable bonds is 6. The zero-order valence-corrected chi connectivity index (χ0v) is 13.2. The minimum atomic E-state index is -0.0716. The lowest BCUT2D eigenvalue weighted by molar-refractivity contribution is -0.118. The van der Waals surface area contributed by atoms with Crippen molar-refractivity contribution in [3.63, 3.8) is 0 Å². The van der Waals surface area contributed by atoms with Gasteiger partial charge < -0.3 is 11.1 Å². The number of anilines is 1. The highest BCUT2D eigenvalue weighted by Gasteiger charge is 2.23. The average Bonchev–Trinajstić information content (AvgIpc) is 2.50. The van der Waals surface area contributed by atoms with Crippen LogP contribution in [0.5, 0.6) is 0 Å². The number of ketones is 1. The van der Waals surface area contributed by atoms with Crippen LogP contribution < -0.4 is 11.1 Å². The Labute approximate surface area is 131 Å². The Bertz CT molecular complexity index is 528. The maximum absolute atomic E-state index is 12.3. The van der Waals surface area contributed by atoms with E-state index in [4.69, 9.17) is 5.73 Å². The number of nitrogens with one attached hydrogen (secondary N) is 1. The number of nitrogens with zero attached hydrogens (tertiary/aromatic N) is 1. The fourth-order valence-corrected chi connectivity index (χ4v) is 3.06. The molecule has 0 radical (unpaired) electrons. The van der Waals surface area contributed by atoms with Gasteiger partial charge in [-0.2, -0.15) is 0 Å². The number of carbonyl (C=O) groups excluding carboxylic acids is 2. The first-order chi connectivity index (χ1) is 10.6. The molecule has 0 bridgehead atoms. The van der Waals surface area contributed by atoms with E-state index in [0.29, 0.717) is 30.4 Å². The van der Waals surface area contributed by atoms with Crippen LogP contribution in [0.4, 0.5) is 5.69 Å². The van der Waals surface area contributed by atoms with Crippen LogP contribution in [0.3, 0.4) is 0 Å². The number of para-hydroxylation sites is 1. The summed E-state index contributed by atoms with van der Waals surface area (Å²) in [5.41, 5.74) is 6.80. The molecule has 1 heterocycles. The Morgan fingerprint density at radius 1 is 1.32 bits per heavy atom. The van der Waals surface area contributed by atoms with Crippen LogP contribution in [0.1, 0.15) is 43.0 Å². The van der Waals surface area contributed by atoms with Gasteiger partial charge in [0.15, 0.2) is 5.78 Å². The van der Waals surface area contributed by atoms with Crippen molar-refractivity contribution in [2.45, 2.75) is 38.6 Å². The summed E-state index contributed by atoms with van der Waals surface area (Å²) in [6, 6.07) is 7.51. The second-order valence-electron chi connectivity index (χ2n) is 5.85. The summed E-state index contributed by atoms with van der Waals surface area (Å²) in [6.45, 7) is 3.45. The topological polar surface area (TPSA) is 75.4 Å². The van der Waals surface area contributed by atoms with Gasteiger partial charge in [0.1, 0.15) is 0 Å². The highest BCUT2D eigenvalue weighted by atomic mass is 16.2. The monoisotopic (exact) mass is 303 g/mol. The van der Waals surface area contributed by atoms with E-state index < -0.39 is 0 Å². The van der Waals surface area contributed by atoms with Gasteiger partial charge in [0.25, 0.3) is 0 Å². The molecule has 0 aromatic heterocycles. The molecule has 1 atom stereocenters. The van der Waals surface area contributed by atoms with E-state index in [1.165, 1.54) is 13.3 Å². The van der Waals surface area contributed by atoms with Gasteiger partial charge in [0.2, 0.25) is 5.91 Å². The molecule has 3 N–H and O–H groups in total. The van der Waals surface area contributed by atoms with Crippen molar-refractivity contribution in [2.75, 3.05) is 25.0 Å². The van der Waals surface area contributed by atoms with E-state index in [9.17, 15) is 9.59 Å². The Balaban J connectivity index is 1.99. The fraction of sp³-hybridized carbons (Fsp3) is 0.529. The molecule has 0 spiro atoms. The first-order valence-electron chi connectivity index (χ1n) is 7.95. The van der Waals surface area contributed by atoms with Crippen LogP contribution in [-0.2, 0) is 4.79 Å². The molecule has 5 heteroatoms. The predicted molar refractivity (Wildman–Crippen MR) is 88.0 cm³/mol. The highest BCUT2D eigenvalue weighted by molar-refractivity contribution is 6.04. The largest absolute Gasteiger partial charge is 0.330 e. The smallest absolute Gasteiger partial charge is 0.238 e. The molecule has 0 saturated carbocycles. The summed E-state index contributed by atoms with van der Waals surface area (Å²) < 4.78 is 0. The number of amides is 1. The van der Waals surface area contributed by atoms with Crippen molar-refractivity contribution in [3.8, 4) is 0 Å². The van der Waals surface area contributed by atoms with Crippen LogP contribution in [0.15, 0.2) is 24.3 Å². The summed E-state index contributed by atoms with van der Waals surface area (Å²) >= 11 is 0. The normalized spacial score (nSPS) is 18.9. The first kappa shape index (κ1) is 16.6. The SMILES string of the molecule is CC(=O)c1ccccc1NC(=O)CN1CCCCC1CCN. The molecule has 1 aliphatic rings. The molecule has 1 fully saturated rings. The number of benzene rings is 1. The molecule has 2 rings (SSSR count). The van der Waals surface area contributed by atoms with Gasteiger partial charge in [-0.25, -0.2) is 0 Å². The summed E-state index contributed by atoms with van der Waals surface area (Å²) in [5, 5.41) is 2.87. The standard InChI is InChI=1S/C17H25N3O2/c1-13(21)15-7-2-3-8-16(15)19-17(22)12-20-11-5-4-6-14(20)9-10-18/h2-3,7-8,14H,4-6,9-12,18H2,1H3,(H,19,22). The van der Waals surface area contributed by atoms with Crippen LogP contribution in [0.25, 0.3) is 0 Å². The van der Waals surface area contributed by atoms with Crippen molar-refractivity contribution < 1.29 is 9.59 Å². The van der Waals surface area contributed by atoms with Gasteiger partial charge in [0, 0.05) is 11.6 Å². The number of likely N-dealkylation sites (tertiary alicyclic amines) is 1. The molecule has 1 aromatic carbocycles. The van der Waals surface area contributed by atoms with Crippen molar-refractivity contribution in [1.29, 1.82) is 0 Å². The summed E-state index contributed by atoms with van der Waals surface area (Å²) in [6.07, 6.45) is 4.36. The van der Waals surface area contributed by atoms with Crippen LogP contribution in [0, 0.1) is 0 Å². The lowest BCUT2D eigenvalue weighted by Gasteiger charge is -2.35. The summed E-state index contributed by atoms with van der Waals surface area (Å²) in [5.74, 6) is -0.118. The third kappa shape index (κ3) is 4.39. The zero-order valence-electron chi connectivity index (χ0n) is 13.2.